The van der Waals surface area contributed by atoms with Gasteiger partial charge >= 0.3 is 6.18 Å². The molecule has 4 rings (SSSR count). The molecule has 1 aromatic heterocycles. The van der Waals surface area contributed by atoms with E-state index in [4.69, 9.17) is 16.3 Å². The van der Waals surface area contributed by atoms with E-state index in [2.05, 4.69) is 15.2 Å². The molecule has 0 spiro atoms. The Morgan fingerprint density at radius 2 is 1.96 bits per heavy atom. The molecule has 0 N–H and O–H groups in total. The Hall–Kier alpha value is -2.94. The van der Waals surface area contributed by atoms with E-state index in [1.807, 2.05) is 0 Å². The first-order chi connectivity index (χ1) is 13.3. The van der Waals surface area contributed by atoms with Crippen LogP contribution in [0.5, 0.6) is 5.75 Å². The number of nitrogens with zero attached hydrogens (tertiary/aromatic N) is 4. The molecule has 10 heteroatoms. The van der Waals surface area contributed by atoms with Crippen LogP contribution in [0.2, 0.25) is 5.02 Å². The fourth-order valence-corrected chi connectivity index (χ4v) is 3.40. The van der Waals surface area contributed by atoms with Gasteiger partial charge in [-0.25, -0.2) is 4.39 Å². The number of aromatic nitrogens is 3. The Morgan fingerprint density at radius 1 is 1.18 bits per heavy atom. The second-order valence-corrected chi connectivity index (χ2v) is 6.32. The largest absolute Gasteiger partial charge is 0.497 e. The molecule has 5 nitrogen and oxygen atoms in total. The third-order valence-corrected chi connectivity index (χ3v) is 4.74. The van der Waals surface area contributed by atoms with Gasteiger partial charge in [0.25, 0.3) is 0 Å². The smallest absolute Gasteiger partial charge is 0.417 e. The fourth-order valence-electron chi connectivity index (χ4n) is 3.04. The van der Waals surface area contributed by atoms with Crippen LogP contribution in [0.4, 0.5) is 17.6 Å². The molecule has 144 valence electrons. The average molecular weight is 411 g/mol. The molecule has 1 aliphatic rings. The van der Waals surface area contributed by atoms with Crippen LogP contribution >= 0.6 is 11.6 Å². The minimum Gasteiger partial charge on any atom is -0.497 e. The van der Waals surface area contributed by atoms with Crippen molar-refractivity contribution in [1.82, 2.24) is 14.8 Å². The highest BCUT2D eigenvalue weighted by molar-refractivity contribution is 6.37. The van der Waals surface area contributed by atoms with Crippen LogP contribution in [0.15, 0.2) is 41.7 Å². The van der Waals surface area contributed by atoms with Crippen molar-refractivity contribution >= 4 is 17.3 Å². The molecule has 0 fully saturated rings. The molecule has 1 aliphatic heterocycles. The van der Waals surface area contributed by atoms with Crippen LogP contribution in [0, 0.1) is 5.82 Å². The summed E-state index contributed by atoms with van der Waals surface area (Å²) in [5.74, 6) is 0.0411. The summed E-state index contributed by atoms with van der Waals surface area (Å²) in [6.07, 6.45) is -3.34. The first-order valence-electron chi connectivity index (χ1n) is 7.99. The Bertz CT molecular complexity index is 1110. The van der Waals surface area contributed by atoms with Gasteiger partial charge in [0.1, 0.15) is 24.4 Å². The van der Waals surface area contributed by atoms with Gasteiger partial charge in [-0.1, -0.05) is 11.6 Å². The molecule has 28 heavy (non-hydrogen) atoms. The van der Waals surface area contributed by atoms with Gasteiger partial charge in [-0.15, -0.1) is 10.2 Å². The van der Waals surface area contributed by atoms with E-state index in [0.29, 0.717) is 11.6 Å². The van der Waals surface area contributed by atoms with Crippen LogP contribution in [-0.2, 0) is 12.7 Å². The molecule has 0 amide bonds. The molecule has 0 bridgehead atoms. The number of benzene rings is 2. The van der Waals surface area contributed by atoms with Crippen molar-refractivity contribution < 1.29 is 22.3 Å². The SMILES string of the molecule is COc1ccc(F)c(C2=NCc3nncn3-c3ccc(C(F)(F)F)c(Cl)c32)c1. The Kier molecular flexibility index (Phi) is 4.34. The molecule has 0 saturated carbocycles. The Balaban J connectivity index is 2.05. The van der Waals surface area contributed by atoms with Gasteiger partial charge < -0.3 is 4.74 Å². The monoisotopic (exact) mass is 410 g/mol. The predicted molar refractivity (Wildman–Crippen MR) is 93.7 cm³/mol. The van der Waals surface area contributed by atoms with E-state index in [1.165, 1.54) is 36.2 Å². The second-order valence-electron chi connectivity index (χ2n) is 5.95. The maximum absolute atomic E-state index is 14.6. The lowest BCUT2D eigenvalue weighted by Crippen LogP contribution is -2.14. The van der Waals surface area contributed by atoms with Crippen molar-refractivity contribution in [3.8, 4) is 11.4 Å². The molecular formula is C18H11ClF4N4O. The average Bonchev–Trinajstić information content (AvgIpc) is 3.05. The third-order valence-electron chi connectivity index (χ3n) is 4.35. The maximum atomic E-state index is 14.6. The van der Waals surface area contributed by atoms with Gasteiger partial charge in [0, 0.05) is 11.1 Å². The quantitative estimate of drug-likeness (QED) is 0.587. The summed E-state index contributed by atoms with van der Waals surface area (Å²) in [4.78, 5) is 4.31. The highest BCUT2D eigenvalue weighted by Gasteiger charge is 2.36. The zero-order chi connectivity index (χ0) is 20.1. The highest BCUT2D eigenvalue weighted by atomic mass is 35.5. The predicted octanol–water partition coefficient (Wildman–Crippen LogP) is 4.44. The van der Waals surface area contributed by atoms with E-state index in [0.717, 1.165) is 12.1 Å². The van der Waals surface area contributed by atoms with Crippen molar-refractivity contribution in [3.63, 3.8) is 0 Å². The van der Waals surface area contributed by atoms with Gasteiger partial charge in [0.15, 0.2) is 5.82 Å². The van der Waals surface area contributed by atoms with Gasteiger partial charge in [0.05, 0.1) is 29.1 Å². The van der Waals surface area contributed by atoms with Gasteiger partial charge in [-0.3, -0.25) is 9.56 Å². The molecule has 0 saturated heterocycles. The summed E-state index contributed by atoms with van der Waals surface area (Å²) in [6, 6.07) is 6.04. The van der Waals surface area contributed by atoms with E-state index < -0.39 is 22.6 Å². The highest BCUT2D eigenvalue weighted by Crippen LogP contribution is 2.40. The summed E-state index contributed by atoms with van der Waals surface area (Å²) in [5.41, 5.74) is -0.868. The van der Waals surface area contributed by atoms with E-state index >= 15 is 0 Å². The number of alkyl halides is 3. The summed E-state index contributed by atoms with van der Waals surface area (Å²) < 4.78 is 61.5. The summed E-state index contributed by atoms with van der Waals surface area (Å²) in [7, 11) is 1.40. The minimum absolute atomic E-state index is 0.0155. The van der Waals surface area contributed by atoms with Crippen LogP contribution < -0.4 is 4.74 Å². The number of hydrogen-bond acceptors (Lipinski definition) is 4. The molecule has 2 heterocycles. The van der Waals surface area contributed by atoms with Crippen molar-refractivity contribution in [3.05, 3.63) is 70.0 Å². The number of fused-ring (bicyclic) bond motifs is 3. The second kappa shape index (κ2) is 6.59. The molecule has 0 aliphatic carbocycles. The van der Waals surface area contributed by atoms with Gasteiger partial charge in [-0.2, -0.15) is 13.2 Å². The summed E-state index contributed by atoms with van der Waals surface area (Å²) in [6.45, 7) is -0.0155. The van der Waals surface area contributed by atoms with Crippen molar-refractivity contribution in [2.75, 3.05) is 7.11 Å². The van der Waals surface area contributed by atoms with Crippen molar-refractivity contribution in [2.24, 2.45) is 4.99 Å². The zero-order valence-corrected chi connectivity index (χ0v) is 15.0. The third kappa shape index (κ3) is 2.91. The number of ether oxygens (including phenoxy) is 1. The van der Waals surface area contributed by atoms with Crippen molar-refractivity contribution in [2.45, 2.75) is 12.7 Å². The number of methoxy groups -OCH3 is 1. The normalized spacial score (nSPS) is 13.4. The molecule has 2 aromatic carbocycles. The number of rotatable bonds is 2. The molecule has 3 aromatic rings. The number of halogens is 5. The van der Waals surface area contributed by atoms with Crippen LogP contribution in [0.3, 0.4) is 0 Å². The topological polar surface area (TPSA) is 52.3 Å². The lowest BCUT2D eigenvalue weighted by atomic mass is 9.97. The Morgan fingerprint density at radius 3 is 2.68 bits per heavy atom. The summed E-state index contributed by atoms with van der Waals surface area (Å²) in [5, 5.41) is 7.12. The number of hydrogen-bond donors (Lipinski definition) is 0. The maximum Gasteiger partial charge on any atom is 0.417 e. The lowest BCUT2D eigenvalue weighted by molar-refractivity contribution is -0.137. The Labute approximate surface area is 161 Å². The fraction of sp³-hybridized carbons (Fsp3) is 0.167. The standard InChI is InChI=1S/C18H11ClF4N4O/c1-28-9-2-4-12(20)10(6-9)17-15-13(27-8-25-26-14(27)7-24-17)5-3-11(16(15)19)18(21,22)23/h2-6,8H,7H2,1H3. The molecule has 0 unspecified atom stereocenters. The molecule has 0 atom stereocenters. The first kappa shape index (κ1) is 18.4. The van der Waals surface area contributed by atoms with Gasteiger partial charge in [-0.05, 0) is 30.3 Å². The van der Waals surface area contributed by atoms with Crippen LogP contribution in [0.1, 0.15) is 22.5 Å². The minimum atomic E-state index is -4.69. The zero-order valence-electron chi connectivity index (χ0n) is 14.3. The molecular weight excluding hydrogens is 400 g/mol. The number of aliphatic imine (C=N–C) groups is 1. The van der Waals surface area contributed by atoms with E-state index in [-0.39, 0.29) is 29.1 Å². The van der Waals surface area contributed by atoms with E-state index in [1.54, 1.807) is 0 Å². The van der Waals surface area contributed by atoms with Crippen LogP contribution in [0.25, 0.3) is 5.69 Å². The van der Waals surface area contributed by atoms with Crippen LogP contribution in [-0.4, -0.2) is 27.6 Å². The lowest BCUT2D eigenvalue weighted by Gasteiger charge is -2.18. The van der Waals surface area contributed by atoms with E-state index in [9.17, 15) is 17.6 Å². The molecule has 0 radical (unpaired) electrons. The summed E-state index contributed by atoms with van der Waals surface area (Å²) >= 11 is 6.18. The van der Waals surface area contributed by atoms with Crippen molar-refractivity contribution in [1.29, 1.82) is 0 Å². The van der Waals surface area contributed by atoms with Gasteiger partial charge in [0.2, 0.25) is 0 Å². The first-order valence-corrected chi connectivity index (χ1v) is 8.36.